The van der Waals surface area contributed by atoms with Gasteiger partial charge < -0.3 is 15.4 Å². The molecule has 8 heteroatoms. The van der Waals surface area contributed by atoms with Gasteiger partial charge in [-0.25, -0.2) is 0 Å². The summed E-state index contributed by atoms with van der Waals surface area (Å²) in [6.45, 7) is 4.30. The number of nitrogens with zero attached hydrogens (tertiary/aromatic N) is 1. The number of benzene rings is 3. The van der Waals surface area contributed by atoms with Gasteiger partial charge in [-0.1, -0.05) is 29.8 Å². The maximum atomic E-state index is 13.0. The molecule has 0 spiro atoms. The zero-order valence-corrected chi connectivity index (χ0v) is 18.2. The number of anilines is 1. The van der Waals surface area contributed by atoms with Crippen molar-refractivity contribution < 1.29 is 19.2 Å². The van der Waals surface area contributed by atoms with Crippen LogP contribution >= 0.6 is 0 Å². The van der Waals surface area contributed by atoms with E-state index in [2.05, 4.69) is 10.6 Å². The van der Waals surface area contributed by atoms with Crippen LogP contribution in [-0.4, -0.2) is 23.3 Å². The van der Waals surface area contributed by atoms with E-state index < -0.39 is 16.7 Å². The largest absolute Gasteiger partial charge is 0.494 e. The van der Waals surface area contributed by atoms with E-state index in [1.165, 1.54) is 24.3 Å². The minimum atomic E-state index is -0.578. The van der Waals surface area contributed by atoms with E-state index in [9.17, 15) is 19.7 Å². The van der Waals surface area contributed by atoms with Crippen LogP contribution in [0.5, 0.6) is 5.75 Å². The maximum absolute atomic E-state index is 13.0. The molecule has 0 unspecified atom stereocenters. The predicted molar refractivity (Wildman–Crippen MR) is 126 cm³/mol. The molecule has 33 heavy (non-hydrogen) atoms. The molecule has 0 heterocycles. The first-order valence-electron chi connectivity index (χ1n) is 10.2. The zero-order valence-electron chi connectivity index (χ0n) is 18.2. The highest BCUT2D eigenvalue weighted by Gasteiger charge is 2.16. The summed E-state index contributed by atoms with van der Waals surface area (Å²) in [6.07, 6.45) is 1.39. The van der Waals surface area contributed by atoms with Crippen molar-refractivity contribution in [3.05, 3.63) is 105 Å². The van der Waals surface area contributed by atoms with E-state index in [1.807, 2.05) is 13.8 Å². The number of non-ortho nitro benzene ring substituents is 1. The lowest BCUT2D eigenvalue weighted by Crippen LogP contribution is -2.30. The SMILES string of the molecule is CCOc1ccc(NC(=O)/C(=C\c2cccc([N+](=O)[O-])c2)NC(=O)c2ccc(C)cc2)cc1. The molecule has 0 fully saturated rings. The Hall–Kier alpha value is -4.46. The number of rotatable bonds is 8. The van der Waals surface area contributed by atoms with Crippen molar-refractivity contribution in [2.75, 3.05) is 11.9 Å². The predicted octanol–water partition coefficient (Wildman–Crippen LogP) is 4.71. The van der Waals surface area contributed by atoms with Gasteiger partial charge in [0.2, 0.25) is 0 Å². The van der Waals surface area contributed by atoms with Crippen LogP contribution in [0.1, 0.15) is 28.4 Å². The van der Waals surface area contributed by atoms with Gasteiger partial charge in [0.05, 0.1) is 11.5 Å². The smallest absolute Gasteiger partial charge is 0.272 e. The lowest BCUT2D eigenvalue weighted by molar-refractivity contribution is -0.384. The monoisotopic (exact) mass is 445 g/mol. The van der Waals surface area contributed by atoms with Gasteiger partial charge in [-0.05, 0) is 61.9 Å². The van der Waals surface area contributed by atoms with Gasteiger partial charge in [0.1, 0.15) is 11.4 Å². The Bertz CT molecular complexity index is 1190. The molecule has 0 saturated carbocycles. The summed E-state index contributed by atoms with van der Waals surface area (Å²) < 4.78 is 5.40. The van der Waals surface area contributed by atoms with E-state index in [1.54, 1.807) is 54.6 Å². The molecule has 0 saturated heterocycles. The molecule has 2 N–H and O–H groups in total. The fourth-order valence-corrected chi connectivity index (χ4v) is 2.95. The van der Waals surface area contributed by atoms with E-state index >= 15 is 0 Å². The molecule has 0 aliphatic carbocycles. The highest BCUT2D eigenvalue weighted by molar-refractivity contribution is 6.10. The summed E-state index contributed by atoms with van der Waals surface area (Å²) in [5, 5.41) is 16.4. The minimum absolute atomic E-state index is 0.0602. The van der Waals surface area contributed by atoms with Crippen LogP contribution in [0.2, 0.25) is 0 Å². The highest BCUT2D eigenvalue weighted by atomic mass is 16.6. The average Bonchev–Trinajstić information content (AvgIpc) is 2.80. The normalized spacial score (nSPS) is 10.9. The second kappa shape index (κ2) is 10.7. The molecule has 0 aliphatic heterocycles. The van der Waals surface area contributed by atoms with Crippen molar-refractivity contribution in [3.8, 4) is 5.75 Å². The van der Waals surface area contributed by atoms with E-state index in [0.717, 1.165) is 5.56 Å². The number of ether oxygens (including phenoxy) is 1. The summed E-state index contributed by atoms with van der Waals surface area (Å²) in [5.74, 6) is -0.393. The molecule has 168 valence electrons. The second-order valence-electron chi connectivity index (χ2n) is 7.14. The van der Waals surface area contributed by atoms with Crippen molar-refractivity contribution in [1.82, 2.24) is 5.32 Å². The van der Waals surface area contributed by atoms with Crippen molar-refractivity contribution in [2.45, 2.75) is 13.8 Å². The molecular formula is C25H23N3O5. The molecular weight excluding hydrogens is 422 g/mol. The third kappa shape index (κ3) is 6.51. The quantitative estimate of drug-likeness (QED) is 0.296. The summed E-state index contributed by atoms with van der Waals surface area (Å²) in [5.41, 5.74) is 2.07. The summed E-state index contributed by atoms with van der Waals surface area (Å²) >= 11 is 0. The van der Waals surface area contributed by atoms with Crippen molar-refractivity contribution >= 4 is 29.3 Å². The number of nitrogens with one attached hydrogen (secondary N) is 2. The zero-order chi connectivity index (χ0) is 23.8. The highest BCUT2D eigenvalue weighted by Crippen LogP contribution is 2.18. The van der Waals surface area contributed by atoms with Crippen molar-refractivity contribution in [3.63, 3.8) is 0 Å². The standard InChI is InChI=1S/C25H23N3O5/c1-3-33-22-13-11-20(12-14-22)26-25(30)23(16-18-5-4-6-21(15-18)28(31)32)27-24(29)19-9-7-17(2)8-10-19/h4-16H,3H2,1-2H3,(H,26,30)(H,27,29)/b23-16+. The lowest BCUT2D eigenvalue weighted by Gasteiger charge is -2.12. The number of nitro groups is 1. The number of nitro benzene ring substituents is 1. The van der Waals surface area contributed by atoms with Gasteiger partial charge in [0.25, 0.3) is 17.5 Å². The van der Waals surface area contributed by atoms with Gasteiger partial charge >= 0.3 is 0 Å². The number of carbonyl (C=O) groups excluding carboxylic acids is 2. The molecule has 3 rings (SSSR count). The topological polar surface area (TPSA) is 111 Å². The number of hydrogen-bond donors (Lipinski definition) is 2. The van der Waals surface area contributed by atoms with Gasteiger partial charge in [-0.15, -0.1) is 0 Å². The molecule has 3 aromatic rings. The Morgan fingerprint density at radius 2 is 1.73 bits per heavy atom. The maximum Gasteiger partial charge on any atom is 0.272 e. The molecule has 0 aromatic heterocycles. The summed E-state index contributed by atoms with van der Waals surface area (Å²) in [6, 6.07) is 19.5. The Morgan fingerprint density at radius 3 is 2.36 bits per heavy atom. The third-order valence-corrected chi connectivity index (χ3v) is 4.62. The number of aryl methyl sites for hydroxylation is 1. The van der Waals surface area contributed by atoms with Crippen LogP contribution in [0.25, 0.3) is 6.08 Å². The average molecular weight is 445 g/mol. The van der Waals surface area contributed by atoms with Crippen molar-refractivity contribution in [1.29, 1.82) is 0 Å². The van der Waals surface area contributed by atoms with E-state index in [4.69, 9.17) is 4.74 Å². The molecule has 0 atom stereocenters. The van der Waals surface area contributed by atoms with Crippen LogP contribution < -0.4 is 15.4 Å². The van der Waals surface area contributed by atoms with Gasteiger partial charge in [-0.3, -0.25) is 19.7 Å². The number of amides is 2. The number of carbonyl (C=O) groups is 2. The van der Waals surface area contributed by atoms with Gasteiger partial charge in [-0.2, -0.15) is 0 Å². The molecule has 3 aromatic carbocycles. The summed E-state index contributed by atoms with van der Waals surface area (Å²) in [4.78, 5) is 36.3. The van der Waals surface area contributed by atoms with Gasteiger partial charge in [0.15, 0.2) is 0 Å². The fraction of sp³-hybridized carbons (Fsp3) is 0.120. The second-order valence-corrected chi connectivity index (χ2v) is 7.14. The minimum Gasteiger partial charge on any atom is -0.494 e. The van der Waals surface area contributed by atoms with Crippen LogP contribution in [0, 0.1) is 17.0 Å². The molecule has 2 amide bonds. The number of hydrogen-bond acceptors (Lipinski definition) is 5. The van der Waals surface area contributed by atoms with E-state index in [0.29, 0.717) is 29.2 Å². The van der Waals surface area contributed by atoms with Gasteiger partial charge in [0, 0.05) is 23.4 Å². The molecule has 0 radical (unpaired) electrons. The lowest BCUT2D eigenvalue weighted by atomic mass is 10.1. The molecule has 0 aliphatic rings. The van der Waals surface area contributed by atoms with Crippen LogP contribution in [0.3, 0.4) is 0 Å². The van der Waals surface area contributed by atoms with Crippen molar-refractivity contribution in [2.24, 2.45) is 0 Å². The Balaban J connectivity index is 1.89. The molecule has 8 nitrogen and oxygen atoms in total. The Labute approximate surface area is 191 Å². The van der Waals surface area contributed by atoms with Crippen LogP contribution in [-0.2, 0) is 4.79 Å². The van der Waals surface area contributed by atoms with E-state index in [-0.39, 0.29) is 11.4 Å². The molecule has 0 bridgehead atoms. The first-order valence-corrected chi connectivity index (χ1v) is 10.2. The first kappa shape index (κ1) is 23.2. The van der Waals surface area contributed by atoms with Crippen LogP contribution in [0.4, 0.5) is 11.4 Å². The first-order chi connectivity index (χ1) is 15.9. The Kier molecular flexibility index (Phi) is 7.54. The third-order valence-electron chi connectivity index (χ3n) is 4.62. The fourth-order valence-electron chi connectivity index (χ4n) is 2.95. The Morgan fingerprint density at radius 1 is 1.03 bits per heavy atom. The van der Waals surface area contributed by atoms with Crippen LogP contribution in [0.15, 0.2) is 78.5 Å². The summed E-state index contributed by atoms with van der Waals surface area (Å²) in [7, 11) is 0.